The molecule has 0 radical (unpaired) electrons. The van der Waals surface area contributed by atoms with E-state index in [4.69, 9.17) is 11.6 Å². The van der Waals surface area contributed by atoms with E-state index in [-0.39, 0.29) is 6.04 Å². The third-order valence-electron chi connectivity index (χ3n) is 3.08. The largest absolute Gasteiger partial charge is 0.313 e. The summed E-state index contributed by atoms with van der Waals surface area (Å²) in [5.74, 6) is 0. The number of halogens is 2. The van der Waals surface area contributed by atoms with E-state index in [1.165, 1.54) is 0 Å². The lowest BCUT2D eigenvalue weighted by Gasteiger charge is -2.14. The zero-order chi connectivity index (χ0) is 13.1. The Bertz CT molecular complexity index is 554. The van der Waals surface area contributed by atoms with Crippen molar-refractivity contribution in [1.82, 2.24) is 5.32 Å². The van der Waals surface area contributed by atoms with Crippen LogP contribution in [-0.2, 0) is 0 Å². The van der Waals surface area contributed by atoms with Gasteiger partial charge in [-0.1, -0.05) is 57.9 Å². The van der Waals surface area contributed by atoms with Crippen LogP contribution in [0.1, 0.15) is 18.5 Å². The van der Waals surface area contributed by atoms with Crippen molar-refractivity contribution in [1.29, 1.82) is 0 Å². The SMILES string of the molecule is CNC(C)c1ccc(-c2ccccc2Br)cc1Cl. The third-order valence-corrected chi connectivity index (χ3v) is 4.10. The summed E-state index contributed by atoms with van der Waals surface area (Å²) in [7, 11) is 1.93. The molecule has 2 rings (SSSR count). The Labute approximate surface area is 121 Å². The predicted molar refractivity (Wildman–Crippen MR) is 82.1 cm³/mol. The summed E-state index contributed by atoms with van der Waals surface area (Å²) in [6.07, 6.45) is 0. The summed E-state index contributed by atoms with van der Waals surface area (Å²) in [6.45, 7) is 2.10. The summed E-state index contributed by atoms with van der Waals surface area (Å²) < 4.78 is 1.08. The Kier molecular flexibility index (Phi) is 4.44. The lowest BCUT2D eigenvalue weighted by molar-refractivity contribution is 0.652. The lowest BCUT2D eigenvalue weighted by Crippen LogP contribution is -2.12. The minimum atomic E-state index is 0.255. The van der Waals surface area contributed by atoms with Gasteiger partial charge in [0.2, 0.25) is 0 Å². The van der Waals surface area contributed by atoms with Gasteiger partial charge in [-0.2, -0.15) is 0 Å². The van der Waals surface area contributed by atoms with Crippen LogP contribution in [0.2, 0.25) is 5.02 Å². The van der Waals surface area contributed by atoms with Crippen LogP contribution in [-0.4, -0.2) is 7.05 Å². The highest BCUT2D eigenvalue weighted by atomic mass is 79.9. The quantitative estimate of drug-likeness (QED) is 0.833. The molecule has 0 aromatic heterocycles. The molecule has 0 aliphatic rings. The molecular formula is C15H15BrClN. The molecule has 1 nitrogen and oxygen atoms in total. The standard InChI is InChI=1S/C15H15BrClN/c1-10(18-2)12-8-7-11(9-15(12)17)13-5-3-4-6-14(13)16/h3-10,18H,1-2H3. The third kappa shape index (κ3) is 2.77. The van der Waals surface area contributed by atoms with E-state index in [2.05, 4.69) is 46.4 Å². The minimum absolute atomic E-state index is 0.255. The van der Waals surface area contributed by atoms with Crippen molar-refractivity contribution < 1.29 is 0 Å². The fourth-order valence-electron chi connectivity index (χ4n) is 1.90. The van der Waals surface area contributed by atoms with Crippen LogP contribution in [0.5, 0.6) is 0 Å². The zero-order valence-electron chi connectivity index (χ0n) is 10.4. The summed E-state index contributed by atoms with van der Waals surface area (Å²) in [4.78, 5) is 0. The first-order chi connectivity index (χ1) is 8.63. The molecule has 0 heterocycles. The second-order valence-corrected chi connectivity index (χ2v) is 5.49. The van der Waals surface area contributed by atoms with Crippen LogP contribution in [0.25, 0.3) is 11.1 Å². The number of benzene rings is 2. The van der Waals surface area contributed by atoms with Crippen LogP contribution >= 0.6 is 27.5 Å². The van der Waals surface area contributed by atoms with Crippen molar-refractivity contribution in [3.05, 3.63) is 57.5 Å². The van der Waals surface area contributed by atoms with E-state index in [9.17, 15) is 0 Å². The fraction of sp³-hybridized carbons (Fsp3) is 0.200. The van der Waals surface area contributed by atoms with Gasteiger partial charge in [0.1, 0.15) is 0 Å². The molecule has 1 N–H and O–H groups in total. The first-order valence-electron chi connectivity index (χ1n) is 5.85. The molecule has 3 heteroatoms. The Hall–Kier alpha value is -0.830. The van der Waals surface area contributed by atoms with Crippen LogP contribution in [0.15, 0.2) is 46.9 Å². The van der Waals surface area contributed by atoms with E-state index in [0.717, 1.165) is 26.2 Å². The summed E-state index contributed by atoms with van der Waals surface area (Å²) in [5.41, 5.74) is 3.40. The molecule has 0 aliphatic heterocycles. The van der Waals surface area contributed by atoms with E-state index < -0.39 is 0 Å². The number of hydrogen-bond acceptors (Lipinski definition) is 1. The molecule has 2 aromatic carbocycles. The maximum atomic E-state index is 6.35. The van der Waals surface area contributed by atoms with E-state index in [0.29, 0.717) is 0 Å². The molecule has 1 atom stereocenters. The van der Waals surface area contributed by atoms with E-state index in [1.54, 1.807) is 0 Å². The Morgan fingerprint density at radius 3 is 2.50 bits per heavy atom. The average molecular weight is 325 g/mol. The molecule has 0 amide bonds. The molecule has 18 heavy (non-hydrogen) atoms. The van der Waals surface area contributed by atoms with Gasteiger partial charge in [0, 0.05) is 15.5 Å². The van der Waals surface area contributed by atoms with E-state index >= 15 is 0 Å². The summed E-state index contributed by atoms with van der Waals surface area (Å²) in [6, 6.07) is 14.6. The van der Waals surface area contributed by atoms with Crippen molar-refractivity contribution in [2.24, 2.45) is 0 Å². The van der Waals surface area contributed by atoms with Gasteiger partial charge < -0.3 is 5.32 Å². The van der Waals surface area contributed by atoms with Crippen molar-refractivity contribution in [3.63, 3.8) is 0 Å². The van der Waals surface area contributed by atoms with Crippen LogP contribution < -0.4 is 5.32 Å². The smallest absolute Gasteiger partial charge is 0.0459 e. The van der Waals surface area contributed by atoms with Gasteiger partial charge in [0.15, 0.2) is 0 Å². The van der Waals surface area contributed by atoms with Gasteiger partial charge in [0.25, 0.3) is 0 Å². The van der Waals surface area contributed by atoms with Gasteiger partial charge in [-0.3, -0.25) is 0 Å². The second kappa shape index (κ2) is 5.87. The number of hydrogen-bond donors (Lipinski definition) is 1. The van der Waals surface area contributed by atoms with Gasteiger partial charge >= 0.3 is 0 Å². The minimum Gasteiger partial charge on any atom is -0.313 e. The first-order valence-corrected chi connectivity index (χ1v) is 7.02. The average Bonchev–Trinajstić information content (AvgIpc) is 2.38. The fourth-order valence-corrected chi connectivity index (χ4v) is 2.75. The van der Waals surface area contributed by atoms with Crippen LogP contribution in [0, 0.1) is 0 Å². The molecule has 94 valence electrons. The topological polar surface area (TPSA) is 12.0 Å². The monoisotopic (exact) mass is 323 g/mol. The van der Waals surface area contributed by atoms with Gasteiger partial charge in [-0.25, -0.2) is 0 Å². The highest BCUT2D eigenvalue weighted by Crippen LogP contribution is 2.32. The van der Waals surface area contributed by atoms with Crippen molar-refractivity contribution >= 4 is 27.5 Å². The molecule has 0 aliphatic carbocycles. The molecule has 0 saturated carbocycles. The first kappa shape index (κ1) is 13.6. The summed E-state index contributed by atoms with van der Waals surface area (Å²) >= 11 is 9.91. The maximum Gasteiger partial charge on any atom is 0.0459 e. The Balaban J connectivity index is 2.44. The highest BCUT2D eigenvalue weighted by molar-refractivity contribution is 9.10. The van der Waals surface area contributed by atoms with Gasteiger partial charge in [-0.05, 0) is 42.8 Å². The normalized spacial score (nSPS) is 12.4. The Morgan fingerprint density at radius 1 is 1.17 bits per heavy atom. The number of rotatable bonds is 3. The summed E-state index contributed by atoms with van der Waals surface area (Å²) in [5, 5.41) is 4.00. The van der Waals surface area contributed by atoms with Gasteiger partial charge in [0.05, 0.1) is 0 Å². The molecule has 0 bridgehead atoms. The zero-order valence-corrected chi connectivity index (χ0v) is 12.7. The molecule has 0 saturated heterocycles. The predicted octanol–water partition coefficient (Wildman–Crippen LogP) is 5.05. The van der Waals surface area contributed by atoms with Gasteiger partial charge in [-0.15, -0.1) is 0 Å². The van der Waals surface area contributed by atoms with Crippen molar-refractivity contribution in [2.75, 3.05) is 7.05 Å². The molecule has 1 unspecified atom stereocenters. The molecular weight excluding hydrogens is 310 g/mol. The van der Waals surface area contributed by atoms with Crippen molar-refractivity contribution in [3.8, 4) is 11.1 Å². The Morgan fingerprint density at radius 2 is 1.89 bits per heavy atom. The lowest BCUT2D eigenvalue weighted by atomic mass is 10.0. The van der Waals surface area contributed by atoms with E-state index in [1.807, 2.05) is 31.3 Å². The second-order valence-electron chi connectivity index (χ2n) is 4.23. The van der Waals surface area contributed by atoms with Crippen LogP contribution in [0.3, 0.4) is 0 Å². The number of nitrogens with one attached hydrogen (secondary N) is 1. The highest BCUT2D eigenvalue weighted by Gasteiger charge is 2.09. The maximum absolute atomic E-state index is 6.35. The molecule has 0 fully saturated rings. The molecule has 0 spiro atoms. The van der Waals surface area contributed by atoms with Crippen LogP contribution in [0.4, 0.5) is 0 Å². The van der Waals surface area contributed by atoms with Crippen molar-refractivity contribution in [2.45, 2.75) is 13.0 Å². The molecule has 2 aromatic rings.